The van der Waals surface area contributed by atoms with E-state index in [1.165, 1.54) is 18.4 Å². The Morgan fingerprint density at radius 2 is 2.26 bits per heavy atom. The molecule has 1 N–H and O–H groups in total. The molecule has 0 spiro atoms. The van der Waals surface area contributed by atoms with Crippen molar-refractivity contribution in [2.24, 2.45) is 5.92 Å². The highest BCUT2D eigenvalue weighted by Gasteiger charge is 2.32. The Labute approximate surface area is 115 Å². The molecule has 2 heterocycles. The smallest absolute Gasteiger partial charge is 0.245 e. The van der Waals surface area contributed by atoms with E-state index < -0.39 is 0 Å². The number of fused-ring (bicyclic) bond motifs is 1. The van der Waals surface area contributed by atoms with Gasteiger partial charge in [0.1, 0.15) is 6.04 Å². The highest BCUT2D eigenvalue weighted by atomic mass is 16.2. The van der Waals surface area contributed by atoms with E-state index in [0.29, 0.717) is 5.92 Å². The van der Waals surface area contributed by atoms with E-state index in [1.807, 2.05) is 12.1 Å². The van der Waals surface area contributed by atoms with E-state index >= 15 is 0 Å². The third-order valence-corrected chi connectivity index (χ3v) is 4.48. The van der Waals surface area contributed by atoms with Crippen molar-refractivity contribution >= 4 is 11.6 Å². The Hall–Kier alpha value is -1.51. The molecule has 3 rings (SSSR count). The van der Waals surface area contributed by atoms with Crippen LogP contribution in [0.4, 0.5) is 5.69 Å². The van der Waals surface area contributed by atoms with Gasteiger partial charge in [-0.1, -0.05) is 31.5 Å². The number of benzene rings is 1. The van der Waals surface area contributed by atoms with Gasteiger partial charge in [0.2, 0.25) is 5.91 Å². The topological polar surface area (TPSA) is 32.3 Å². The average molecular weight is 258 g/mol. The lowest BCUT2D eigenvalue weighted by molar-refractivity contribution is -0.133. The molecule has 0 saturated carbocycles. The Kier molecular flexibility index (Phi) is 3.45. The number of nitrogens with zero attached hydrogens (tertiary/aromatic N) is 1. The van der Waals surface area contributed by atoms with Crippen molar-refractivity contribution in [3.05, 3.63) is 29.8 Å². The quantitative estimate of drug-likeness (QED) is 0.884. The maximum absolute atomic E-state index is 12.6. The molecule has 1 saturated heterocycles. The molecule has 102 valence electrons. The van der Waals surface area contributed by atoms with E-state index in [2.05, 4.69) is 29.3 Å². The molecule has 19 heavy (non-hydrogen) atoms. The second-order valence-electron chi connectivity index (χ2n) is 5.76. The average Bonchev–Trinajstić information content (AvgIpc) is 2.90. The van der Waals surface area contributed by atoms with Gasteiger partial charge in [-0.2, -0.15) is 0 Å². The van der Waals surface area contributed by atoms with Crippen molar-refractivity contribution < 1.29 is 4.79 Å². The number of hydrogen-bond acceptors (Lipinski definition) is 2. The van der Waals surface area contributed by atoms with Crippen molar-refractivity contribution in [2.75, 3.05) is 18.4 Å². The van der Waals surface area contributed by atoms with Crippen molar-refractivity contribution in [2.45, 2.75) is 38.6 Å². The van der Waals surface area contributed by atoms with Gasteiger partial charge in [0.25, 0.3) is 0 Å². The van der Waals surface area contributed by atoms with Crippen LogP contribution in [0.2, 0.25) is 0 Å². The Balaban J connectivity index is 1.66. The van der Waals surface area contributed by atoms with Crippen LogP contribution < -0.4 is 5.32 Å². The molecule has 0 radical (unpaired) electrons. The number of para-hydroxylation sites is 1. The van der Waals surface area contributed by atoms with Crippen molar-refractivity contribution in [1.82, 2.24) is 4.90 Å². The minimum Gasteiger partial charge on any atom is -0.373 e. The fourth-order valence-corrected chi connectivity index (χ4v) is 3.27. The second-order valence-corrected chi connectivity index (χ2v) is 5.76. The first-order valence-electron chi connectivity index (χ1n) is 7.41. The Morgan fingerprint density at radius 1 is 1.42 bits per heavy atom. The minimum atomic E-state index is -0.0481. The van der Waals surface area contributed by atoms with Crippen LogP contribution in [0, 0.1) is 5.92 Å². The number of piperidine rings is 1. The molecule has 2 atom stereocenters. The van der Waals surface area contributed by atoms with Gasteiger partial charge in [0, 0.05) is 25.2 Å². The van der Waals surface area contributed by atoms with Gasteiger partial charge in [0.15, 0.2) is 0 Å². The number of likely N-dealkylation sites (tertiary alicyclic amines) is 1. The maximum atomic E-state index is 12.6. The van der Waals surface area contributed by atoms with Gasteiger partial charge in [-0.25, -0.2) is 0 Å². The van der Waals surface area contributed by atoms with Gasteiger partial charge in [-0.15, -0.1) is 0 Å². The molecule has 1 aromatic carbocycles. The van der Waals surface area contributed by atoms with E-state index in [9.17, 15) is 4.79 Å². The van der Waals surface area contributed by atoms with Gasteiger partial charge < -0.3 is 10.2 Å². The molecule has 0 aromatic heterocycles. The van der Waals surface area contributed by atoms with Crippen LogP contribution in [0.1, 0.15) is 31.7 Å². The molecule has 1 unspecified atom stereocenters. The summed E-state index contributed by atoms with van der Waals surface area (Å²) < 4.78 is 0. The predicted octanol–water partition coefficient (Wildman–Crippen LogP) is 2.67. The standard InChI is InChI=1S/C16H22N2O/c1-2-12-6-5-9-18(11-12)16(19)15-10-13-7-3-4-8-14(13)17-15/h3-4,7-8,12,15,17H,2,5-6,9-11H2,1H3/t12?,15-/m0/s1. The number of rotatable bonds is 2. The van der Waals surface area contributed by atoms with E-state index in [0.717, 1.165) is 31.6 Å². The molecule has 0 bridgehead atoms. The summed E-state index contributed by atoms with van der Waals surface area (Å²) in [5.41, 5.74) is 2.40. The third kappa shape index (κ3) is 2.46. The first-order chi connectivity index (χ1) is 9.28. The van der Waals surface area contributed by atoms with Gasteiger partial charge in [0.05, 0.1) is 0 Å². The van der Waals surface area contributed by atoms with Crippen LogP contribution in [-0.4, -0.2) is 29.9 Å². The van der Waals surface area contributed by atoms with E-state index in [-0.39, 0.29) is 11.9 Å². The molecule has 2 aliphatic heterocycles. The van der Waals surface area contributed by atoms with E-state index in [4.69, 9.17) is 0 Å². The maximum Gasteiger partial charge on any atom is 0.245 e. The molecule has 1 aromatic rings. The summed E-state index contributed by atoms with van der Waals surface area (Å²) >= 11 is 0. The number of anilines is 1. The lowest BCUT2D eigenvalue weighted by atomic mass is 9.95. The molecule has 3 heteroatoms. The summed E-state index contributed by atoms with van der Waals surface area (Å²) in [6, 6.07) is 8.19. The van der Waals surface area contributed by atoms with Crippen LogP contribution >= 0.6 is 0 Å². The van der Waals surface area contributed by atoms with Crippen LogP contribution in [0.3, 0.4) is 0 Å². The van der Waals surface area contributed by atoms with Crippen LogP contribution in [-0.2, 0) is 11.2 Å². The molecule has 3 nitrogen and oxygen atoms in total. The number of nitrogens with one attached hydrogen (secondary N) is 1. The Bertz CT molecular complexity index is 447. The summed E-state index contributed by atoms with van der Waals surface area (Å²) in [6.45, 7) is 4.11. The van der Waals surface area contributed by atoms with Crippen LogP contribution in [0.15, 0.2) is 24.3 Å². The van der Waals surface area contributed by atoms with Crippen LogP contribution in [0.25, 0.3) is 0 Å². The summed E-state index contributed by atoms with van der Waals surface area (Å²) in [6.07, 6.45) is 4.45. The number of carbonyl (C=O) groups excluding carboxylic acids is 1. The molecule has 1 amide bonds. The van der Waals surface area contributed by atoms with Gasteiger partial charge >= 0.3 is 0 Å². The monoisotopic (exact) mass is 258 g/mol. The van der Waals surface area contributed by atoms with Crippen molar-refractivity contribution in [3.63, 3.8) is 0 Å². The molecular formula is C16H22N2O. The molecular weight excluding hydrogens is 236 g/mol. The third-order valence-electron chi connectivity index (χ3n) is 4.48. The minimum absolute atomic E-state index is 0.0481. The molecule has 2 aliphatic rings. The van der Waals surface area contributed by atoms with E-state index in [1.54, 1.807) is 0 Å². The van der Waals surface area contributed by atoms with Crippen LogP contribution in [0.5, 0.6) is 0 Å². The molecule has 1 fully saturated rings. The van der Waals surface area contributed by atoms with Gasteiger partial charge in [-0.3, -0.25) is 4.79 Å². The summed E-state index contributed by atoms with van der Waals surface area (Å²) in [5.74, 6) is 0.982. The number of hydrogen-bond donors (Lipinski definition) is 1. The van der Waals surface area contributed by atoms with Gasteiger partial charge in [-0.05, 0) is 30.4 Å². The first-order valence-corrected chi connectivity index (χ1v) is 7.41. The Morgan fingerprint density at radius 3 is 3.05 bits per heavy atom. The normalized spacial score (nSPS) is 25.8. The second kappa shape index (κ2) is 5.24. The number of amides is 1. The molecule has 0 aliphatic carbocycles. The van der Waals surface area contributed by atoms with Crippen molar-refractivity contribution in [1.29, 1.82) is 0 Å². The highest BCUT2D eigenvalue weighted by Crippen LogP contribution is 2.27. The fourth-order valence-electron chi connectivity index (χ4n) is 3.27. The number of carbonyl (C=O) groups is 1. The lowest BCUT2D eigenvalue weighted by Crippen LogP contribution is -2.46. The fraction of sp³-hybridized carbons (Fsp3) is 0.562. The summed E-state index contributed by atoms with van der Waals surface area (Å²) in [5, 5.41) is 3.37. The lowest BCUT2D eigenvalue weighted by Gasteiger charge is -2.34. The summed E-state index contributed by atoms with van der Waals surface area (Å²) in [7, 11) is 0. The SMILES string of the molecule is CCC1CCCN(C(=O)[C@@H]2Cc3ccccc3N2)C1. The zero-order chi connectivity index (χ0) is 13.2. The largest absolute Gasteiger partial charge is 0.373 e. The highest BCUT2D eigenvalue weighted by molar-refractivity contribution is 5.87. The summed E-state index contributed by atoms with van der Waals surface area (Å²) in [4.78, 5) is 14.7. The predicted molar refractivity (Wildman–Crippen MR) is 77.2 cm³/mol. The van der Waals surface area contributed by atoms with Crippen molar-refractivity contribution in [3.8, 4) is 0 Å². The zero-order valence-corrected chi connectivity index (χ0v) is 11.6. The first kappa shape index (κ1) is 12.5. The zero-order valence-electron chi connectivity index (χ0n) is 11.6.